The number of hydrogen-bond donors (Lipinski definition) is 1. The summed E-state index contributed by atoms with van der Waals surface area (Å²) in [5.41, 5.74) is 7.17. The number of benzene rings is 1. The lowest BCUT2D eigenvalue weighted by Gasteiger charge is -2.14. The smallest absolute Gasteiger partial charge is 0.170 e. The van der Waals surface area contributed by atoms with Crippen LogP contribution in [-0.4, -0.2) is 20.8 Å². The molecule has 0 aliphatic rings. The summed E-state index contributed by atoms with van der Waals surface area (Å²) in [4.78, 5) is 0. The van der Waals surface area contributed by atoms with Crippen LogP contribution in [0.1, 0.15) is 30.6 Å². The number of nitrogens with two attached hydrogens (primary N) is 1. The minimum absolute atomic E-state index is 0.138. The molecular weight excluding hydrogens is 332 g/mol. The van der Waals surface area contributed by atoms with E-state index in [1.54, 1.807) is 0 Å². The summed E-state index contributed by atoms with van der Waals surface area (Å²) in [5.74, 6) is 2.53. The molecule has 1 atom stereocenters. The van der Waals surface area contributed by atoms with Crippen LogP contribution in [0, 0.1) is 6.92 Å². The number of halogens is 1. The van der Waals surface area contributed by atoms with Crippen LogP contribution in [0.5, 0.6) is 5.75 Å². The second-order valence-electron chi connectivity index (χ2n) is 5.14. The van der Waals surface area contributed by atoms with Crippen LogP contribution in [0.25, 0.3) is 0 Å². The Morgan fingerprint density at radius 3 is 2.76 bits per heavy atom. The third-order valence-electron chi connectivity index (χ3n) is 3.57. The average molecular weight is 353 g/mol. The fourth-order valence-electron chi connectivity index (χ4n) is 1.99. The molecular formula is C15H21BrN4O. The van der Waals surface area contributed by atoms with Gasteiger partial charge in [0.05, 0.1) is 0 Å². The molecule has 1 aromatic heterocycles. The first kappa shape index (κ1) is 16.0. The van der Waals surface area contributed by atoms with E-state index in [9.17, 15) is 0 Å². The van der Waals surface area contributed by atoms with E-state index < -0.39 is 0 Å². The fraction of sp³-hybridized carbons (Fsp3) is 0.467. The Kier molecular flexibility index (Phi) is 5.36. The van der Waals surface area contributed by atoms with Crippen molar-refractivity contribution in [1.29, 1.82) is 0 Å². The molecule has 0 radical (unpaired) electrons. The molecule has 2 rings (SSSR count). The van der Waals surface area contributed by atoms with Gasteiger partial charge in [0.2, 0.25) is 0 Å². The molecule has 0 aliphatic carbocycles. The monoisotopic (exact) mass is 352 g/mol. The topological polar surface area (TPSA) is 66.0 Å². The maximum atomic E-state index is 6.06. The van der Waals surface area contributed by atoms with Gasteiger partial charge in [-0.3, -0.25) is 0 Å². The number of aryl methyl sites for hydroxylation is 1. The number of rotatable bonds is 6. The van der Waals surface area contributed by atoms with E-state index in [0.29, 0.717) is 6.61 Å². The molecule has 21 heavy (non-hydrogen) atoms. The fourth-order valence-corrected chi connectivity index (χ4v) is 2.40. The van der Waals surface area contributed by atoms with Crippen molar-refractivity contribution < 1.29 is 4.74 Å². The predicted molar refractivity (Wildman–Crippen MR) is 86.2 cm³/mol. The molecule has 0 saturated heterocycles. The molecule has 5 nitrogen and oxygen atoms in total. The van der Waals surface area contributed by atoms with Crippen molar-refractivity contribution >= 4 is 15.9 Å². The molecule has 114 valence electrons. The van der Waals surface area contributed by atoms with Crippen LogP contribution in [-0.2, 0) is 20.1 Å². The molecule has 1 heterocycles. The van der Waals surface area contributed by atoms with Gasteiger partial charge in [-0.2, -0.15) is 0 Å². The van der Waals surface area contributed by atoms with E-state index in [1.807, 2.05) is 30.7 Å². The van der Waals surface area contributed by atoms with Gasteiger partial charge in [0.25, 0.3) is 0 Å². The van der Waals surface area contributed by atoms with Crippen LogP contribution in [0.15, 0.2) is 22.7 Å². The van der Waals surface area contributed by atoms with Crippen molar-refractivity contribution in [2.75, 3.05) is 0 Å². The summed E-state index contributed by atoms with van der Waals surface area (Å²) in [7, 11) is 1.93. The lowest BCUT2D eigenvalue weighted by atomic mass is 10.0. The van der Waals surface area contributed by atoms with Gasteiger partial charge in [-0.25, -0.2) is 0 Å². The molecule has 1 unspecified atom stereocenters. The van der Waals surface area contributed by atoms with Crippen molar-refractivity contribution in [1.82, 2.24) is 14.8 Å². The summed E-state index contributed by atoms with van der Waals surface area (Å²) >= 11 is 3.50. The van der Waals surface area contributed by atoms with Gasteiger partial charge in [-0.05, 0) is 43.5 Å². The van der Waals surface area contributed by atoms with Crippen LogP contribution < -0.4 is 10.5 Å². The SMILES string of the molecule is CCC(N)Cc1cc(Br)ccc1OCc1nnc(C)n1C. The van der Waals surface area contributed by atoms with Gasteiger partial charge in [-0.15, -0.1) is 10.2 Å². The van der Waals surface area contributed by atoms with E-state index in [1.165, 1.54) is 0 Å². The highest BCUT2D eigenvalue weighted by Crippen LogP contribution is 2.25. The molecule has 2 aromatic rings. The maximum absolute atomic E-state index is 6.06. The molecule has 1 aromatic carbocycles. The van der Waals surface area contributed by atoms with Crippen LogP contribution in [0.2, 0.25) is 0 Å². The Balaban J connectivity index is 2.13. The minimum atomic E-state index is 0.138. The van der Waals surface area contributed by atoms with Gasteiger partial charge < -0.3 is 15.0 Å². The number of aromatic nitrogens is 3. The van der Waals surface area contributed by atoms with Crippen molar-refractivity contribution in [3.05, 3.63) is 39.9 Å². The standard InChI is InChI=1S/C15H21BrN4O/c1-4-13(17)8-11-7-12(16)5-6-14(11)21-9-15-19-18-10(2)20(15)3/h5-7,13H,4,8-9,17H2,1-3H3. The highest BCUT2D eigenvalue weighted by atomic mass is 79.9. The van der Waals surface area contributed by atoms with Crippen molar-refractivity contribution in [3.63, 3.8) is 0 Å². The second kappa shape index (κ2) is 7.04. The van der Waals surface area contributed by atoms with E-state index in [4.69, 9.17) is 10.5 Å². The van der Waals surface area contributed by atoms with Gasteiger partial charge in [0.1, 0.15) is 18.2 Å². The van der Waals surface area contributed by atoms with E-state index >= 15 is 0 Å². The third kappa shape index (κ3) is 4.04. The number of nitrogens with zero attached hydrogens (tertiary/aromatic N) is 3. The van der Waals surface area contributed by atoms with Gasteiger partial charge in [0, 0.05) is 17.6 Å². The van der Waals surface area contributed by atoms with E-state index in [0.717, 1.165) is 40.3 Å². The summed E-state index contributed by atoms with van der Waals surface area (Å²) in [6, 6.07) is 6.13. The molecule has 0 fully saturated rings. The van der Waals surface area contributed by atoms with E-state index in [-0.39, 0.29) is 6.04 Å². The molecule has 0 aliphatic heterocycles. The predicted octanol–water partition coefficient (Wildman–Crippen LogP) is 2.74. The van der Waals surface area contributed by atoms with Crippen LogP contribution in [0.3, 0.4) is 0 Å². The normalized spacial score (nSPS) is 12.4. The minimum Gasteiger partial charge on any atom is -0.485 e. The van der Waals surface area contributed by atoms with E-state index in [2.05, 4.69) is 39.1 Å². The molecule has 0 bridgehead atoms. The van der Waals surface area contributed by atoms with Crippen LogP contribution >= 0.6 is 15.9 Å². The first-order valence-electron chi connectivity index (χ1n) is 7.03. The number of hydrogen-bond acceptors (Lipinski definition) is 4. The first-order chi connectivity index (χ1) is 10.0. The zero-order chi connectivity index (χ0) is 15.4. The second-order valence-corrected chi connectivity index (χ2v) is 6.05. The summed E-state index contributed by atoms with van der Waals surface area (Å²) in [6.45, 7) is 4.40. The average Bonchev–Trinajstić information content (AvgIpc) is 2.78. The van der Waals surface area contributed by atoms with Gasteiger partial charge >= 0.3 is 0 Å². The largest absolute Gasteiger partial charge is 0.485 e. The summed E-state index contributed by atoms with van der Waals surface area (Å²) in [6.07, 6.45) is 1.73. The summed E-state index contributed by atoms with van der Waals surface area (Å²) < 4.78 is 8.88. The van der Waals surface area contributed by atoms with Crippen molar-refractivity contribution in [2.45, 2.75) is 39.3 Å². The molecule has 0 saturated carbocycles. The highest BCUT2D eigenvalue weighted by Gasteiger charge is 2.11. The Morgan fingerprint density at radius 1 is 1.38 bits per heavy atom. The molecule has 6 heteroatoms. The van der Waals surface area contributed by atoms with Gasteiger partial charge in [0.15, 0.2) is 5.82 Å². The van der Waals surface area contributed by atoms with Gasteiger partial charge in [-0.1, -0.05) is 22.9 Å². The Morgan fingerprint density at radius 2 is 2.14 bits per heavy atom. The molecule has 0 amide bonds. The van der Waals surface area contributed by atoms with Crippen molar-refractivity contribution in [2.24, 2.45) is 12.8 Å². The number of ether oxygens (including phenoxy) is 1. The first-order valence-corrected chi connectivity index (χ1v) is 7.82. The zero-order valence-electron chi connectivity index (χ0n) is 12.6. The lowest BCUT2D eigenvalue weighted by Crippen LogP contribution is -2.21. The quantitative estimate of drug-likeness (QED) is 0.867. The summed E-state index contributed by atoms with van der Waals surface area (Å²) in [5, 5.41) is 8.14. The van der Waals surface area contributed by atoms with Crippen LogP contribution in [0.4, 0.5) is 0 Å². The maximum Gasteiger partial charge on any atom is 0.170 e. The zero-order valence-corrected chi connectivity index (χ0v) is 14.2. The lowest BCUT2D eigenvalue weighted by molar-refractivity contribution is 0.287. The Hall–Kier alpha value is -1.40. The molecule has 2 N–H and O–H groups in total. The van der Waals surface area contributed by atoms with Crippen molar-refractivity contribution in [3.8, 4) is 5.75 Å². The Bertz CT molecular complexity index is 612. The third-order valence-corrected chi connectivity index (χ3v) is 4.06. The Labute approximate surface area is 133 Å². The highest BCUT2D eigenvalue weighted by molar-refractivity contribution is 9.10. The molecule has 0 spiro atoms.